The second-order valence-electron chi connectivity index (χ2n) is 5.80. The smallest absolute Gasteiger partial charge is 0.331 e. The van der Waals surface area contributed by atoms with Crippen molar-refractivity contribution in [1.82, 2.24) is 5.32 Å². The number of aliphatic hydroxyl groups is 1. The number of methoxy groups -OCH3 is 2. The lowest BCUT2D eigenvalue weighted by Gasteiger charge is -2.16. The summed E-state index contributed by atoms with van der Waals surface area (Å²) in [6.45, 7) is -1.29. The van der Waals surface area contributed by atoms with Gasteiger partial charge in [0.2, 0.25) is 0 Å². The van der Waals surface area contributed by atoms with E-state index in [9.17, 15) is 19.5 Å². The van der Waals surface area contributed by atoms with E-state index in [4.69, 9.17) is 14.2 Å². The van der Waals surface area contributed by atoms with Gasteiger partial charge in [-0.15, -0.1) is 0 Å². The zero-order valence-corrected chi connectivity index (χ0v) is 16.0. The molecular formula is C20H22N2O7. The maximum Gasteiger partial charge on any atom is 0.331 e. The van der Waals surface area contributed by atoms with Gasteiger partial charge in [-0.25, -0.2) is 4.79 Å². The fourth-order valence-corrected chi connectivity index (χ4v) is 2.35. The molecule has 0 saturated carbocycles. The average molecular weight is 402 g/mol. The summed E-state index contributed by atoms with van der Waals surface area (Å²) in [5.74, 6) is -1.22. The number of nitrogens with one attached hydrogen (secondary N) is 2. The molecule has 9 nitrogen and oxygen atoms in total. The van der Waals surface area contributed by atoms with Crippen LogP contribution in [-0.2, 0) is 14.3 Å². The van der Waals surface area contributed by atoms with Crippen LogP contribution in [0.1, 0.15) is 10.4 Å². The Kier molecular flexibility index (Phi) is 7.99. The molecule has 0 spiro atoms. The molecular weight excluding hydrogens is 380 g/mol. The molecule has 154 valence electrons. The first kappa shape index (κ1) is 21.7. The second kappa shape index (κ2) is 10.7. The van der Waals surface area contributed by atoms with Crippen molar-refractivity contribution >= 4 is 23.5 Å². The van der Waals surface area contributed by atoms with Crippen molar-refractivity contribution in [3.63, 3.8) is 0 Å². The number of hydrogen-bond donors (Lipinski definition) is 3. The quantitative estimate of drug-likeness (QED) is 0.534. The van der Waals surface area contributed by atoms with Crippen molar-refractivity contribution in [2.45, 2.75) is 6.04 Å². The van der Waals surface area contributed by atoms with E-state index in [1.807, 2.05) is 0 Å². The van der Waals surface area contributed by atoms with Gasteiger partial charge in [0.25, 0.3) is 11.8 Å². The summed E-state index contributed by atoms with van der Waals surface area (Å²) in [4.78, 5) is 36.3. The molecule has 1 unspecified atom stereocenters. The fourth-order valence-electron chi connectivity index (χ4n) is 2.35. The van der Waals surface area contributed by atoms with Gasteiger partial charge in [-0.2, -0.15) is 0 Å². The molecule has 0 aliphatic carbocycles. The molecule has 1 atom stereocenters. The van der Waals surface area contributed by atoms with E-state index >= 15 is 0 Å². The molecule has 0 aliphatic rings. The molecule has 2 aromatic rings. The minimum Gasteiger partial charge on any atom is -0.497 e. The monoisotopic (exact) mass is 402 g/mol. The van der Waals surface area contributed by atoms with Crippen LogP contribution in [0.25, 0.3) is 0 Å². The lowest BCUT2D eigenvalue weighted by molar-refractivity contribution is -0.150. The van der Waals surface area contributed by atoms with E-state index < -0.39 is 37.0 Å². The predicted molar refractivity (Wildman–Crippen MR) is 104 cm³/mol. The predicted octanol–water partition coefficient (Wildman–Crippen LogP) is 0.976. The maximum atomic E-state index is 12.1. The summed E-state index contributed by atoms with van der Waals surface area (Å²) < 4.78 is 15.1. The van der Waals surface area contributed by atoms with Gasteiger partial charge in [-0.05, 0) is 24.3 Å². The zero-order chi connectivity index (χ0) is 21.2. The van der Waals surface area contributed by atoms with Gasteiger partial charge in [0, 0.05) is 11.6 Å². The Morgan fingerprint density at radius 1 is 1.03 bits per heavy atom. The molecule has 3 N–H and O–H groups in total. The van der Waals surface area contributed by atoms with Crippen molar-refractivity contribution < 1.29 is 33.7 Å². The second-order valence-corrected chi connectivity index (χ2v) is 5.80. The molecule has 2 rings (SSSR count). The first-order chi connectivity index (χ1) is 14.0. The van der Waals surface area contributed by atoms with Crippen LogP contribution >= 0.6 is 0 Å². The van der Waals surface area contributed by atoms with E-state index in [0.717, 1.165) is 0 Å². The summed E-state index contributed by atoms with van der Waals surface area (Å²) in [6.07, 6.45) is 0. The van der Waals surface area contributed by atoms with Crippen LogP contribution in [0.4, 0.5) is 5.69 Å². The Morgan fingerprint density at radius 3 is 2.38 bits per heavy atom. The van der Waals surface area contributed by atoms with Gasteiger partial charge in [-0.3, -0.25) is 9.59 Å². The normalized spacial score (nSPS) is 11.1. The number of anilines is 1. The van der Waals surface area contributed by atoms with E-state index in [0.29, 0.717) is 22.7 Å². The summed E-state index contributed by atoms with van der Waals surface area (Å²) in [7, 11) is 2.92. The molecule has 0 aliphatic heterocycles. The first-order valence-corrected chi connectivity index (χ1v) is 8.63. The van der Waals surface area contributed by atoms with Crippen molar-refractivity contribution in [2.24, 2.45) is 0 Å². The molecule has 0 aromatic heterocycles. The highest BCUT2D eigenvalue weighted by molar-refractivity contribution is 5.97. The number of hydrogen-bond acceptors (Lipinski definition) is 7. The van der Waals surface area contributed by atoms with Crippen molar-refractivity contribution in [1.29, 1.82) is 0 Å². The highest BCUT2D eigenvalue weighted by Crippen LogP contribution is 2.28. The van der Waals surface area contributed by atoms with Crippen molar-refractivity contribution in [3.8, 4) is 11.5 Å². The minimum atomic E-state index is -1.30. The van der Waals surface area contributed by atoms with Crippen molar-refractivity contribution in [3.05, 3.63) is 54.1 Å². The average Bonchev–Trinajstić information content (AvgIpc) is 2.76. The molecule has 29 heavy (non-hydrogen) atoms. The Morgan fingerprint density at radius 2 is 1.76 bits per heavy atom. The molecule has 2 amide bonds. The Hall–Kier alpha value is -3.59. The Labute approximate surface area is 167 Å². The third kappa shape index (κ3) is 6.22. The number of esters is 1. The van der Waals surface area contributed by atoms with Crippen molar-refractivity contribution in [2.75, 3.05) is 32.8 Å². The third-order valence-electron chi connectivity index (χ3n) is 3.83. The number of amides is 2. The number of aliphatic hydroxyl groups excluding tert-OH is 1. The number of rotatable bonds is 9. The topological polar surface area (TPSA) is 123 Å². The van der Waals surface area contributed by atoms with Gasteiger partial charge >= 0.3 is 5.97 Å². The van der Waals surface area contributed by atoms with Crippen LogP contribution in [0.5, 0.6) is 11.5 Å². The van der Waals surface area contributed by atoms with Gasteiger partial charge in [0.1, 0.15) is 11.5 Å². The number of benzene rings is 2. The lowest BCUT2D eigenvalue weighted by atomic mass is 10.2. The molecule has 0 radical (unpaired) electrons. The Bertz CT molecular complexity index is 855. The van der Waals surface area contributed by atoms with Gasteiger partial charge < -0.3 is 30.0 Å². The van der Waals surface area contributed by atoms with E-state index in [1.165, 1.54) is 14.2 Å². The summed E-state index contributed by atoms with van der Waals surface area (Å²) in [5.41, 5.74) is 0.658. The maximum absolute atomic E-state index is 12.1. The van der Waals surface area contributed by atoms with Crippen LogP contribution in [0.15, 0.2) is 48.5 Å². The standard InChI is InChI=1S/C20H22N2O7/c1-27-14-8-9-17(28-2)15(10-14)21-18(24)12-29-20(26)16(11-23)22-19(25)13-6-4-3-5-7-13/h3-10,16,23H,11-12H2,1-2H3,(H,21,24)(H,22,25). The lowest BCUT2D eigenvalue weighted by Crippen LogP contribution is -2.45. The Balaban J connectivity index is 1.91. The highest BCUT2D eigenvalue weighted by atomic mass is 16.5. The highest BCUT2D eigenvalue weighted by Gasteiger charge is 2.23. The van der Waals surface area contributed by atoms with Gasteiger partial charge in [-0.1, -0.05) is 18.2 Å². The number of ether oxygens (including phenoxy) is 3. The molecule has 9 heteroatoms. The SMILES string of the molecule is COc1ccc(OC)c(NC(=O)COC(=O)C(CO)NC(=O)c2ccccc2)c1. The minimum absolute atomic E-state index is 0.321. The summed E-state index contributed by atoms with van der Waals surface area (Å²) in [6, 6.07) is 11.7. The van der Waals surface area contributed by atoms with Crippen LogP contribution in [0.2, 0.25) is 0 Å². The molecule has 0 heterocycles. The zero-order valence-electron chi connectivity index (χ0n) is 16.0. The van der Waals surface area contributed by atoms with E-state index in [2.05, 4.69) is 10.6 Å². The van der Waals surface area contributed by atoms with E-state index in [-0.39, 0.29) is 0 Å². The molecule has 0 bridgehead atoms. The molecule has 2 aromatic carbocycles. The molecule has 0 saturated heterocycles. The number of carbonyl (C=O) groups excluding carboxylic acids is 3. The van der Waals surface area contributed by atoms with E-state index in [1.54, 1.807) is 48.5 Å². The third-order valence-corrected chi connectivity index (χ3v) is 3.83. The largest absolute Gasteiger partial charge is 0.497 e. The van der Waals surface area contributed by atoms with Crippen LogP contribution < -0.4 is 20.1 Å². The van der Waals surface area contributed by atoms with Crippen LogP contribution in [-0.4, -0.2) is 56.4 Å². The van der Waals surface area contributed by atoms with Gasteiger partial charge in [0.15, 0.2) is 12.6 Å². The fraction of sp³-hybridized carbons (Fsp3) is 0.250. The van der Waals surface area contributed by atoms with Crippen LogP contribution in [0.3, 0.4) is 0 Å². The molecule has 0 fully saturated rings. The summed E-state index contributed by atoms with van der Waals surface area (Å²) >= 11 is 0. The summed E-state index contributed by atoms with van der Waals surface area (Å²) in [5, 5.41) is 14.3. The van der Waals surface area contributed by atoms with Gasteiger partial charge in [0.05, 0.1) is 26.5 Å². The number of carbonyl (C=O) groups is 3. The first-order valence-electron chi connectivity index (χ1n) is 8.63. The van der Waals surface area contributed by atoms with Crippen LogP contribution in [0, 0.1) is 0 Å².